The smallest absolute Gasteiger partial charge is 0.249 e. The molecule has 1 fully saturated rings. The van der Waals surface area contributed by atoms with E-state index >= 15 is 0 Å². The molecule has 0 radical (unpaired) electrons. The SMILES string of the molecule is NC(=O)c1cc(N2CC3(COc4ccccc4C3)C2)nc2ccccc12. The molecule has 1 spiro atoms. The van der Waals surface area contributed by atoms with E-state index in [2.05, 4.69) is 17.0 Å². The molecule has 2 aliphatic rings. The Bertz CT molecular complexity index is 1020. The summed E-state index contributed by atoms with van der Waals surface area (Å²) in [6, 6.07) is 17.7. The maximum atomic E-state index is 11.9. The van der Waals surface area contributed by atoms with Crippen LogP contribution in [0.25, 0.3) is 10.9 Å². The summed E-state index contributed by atoms with van der Waals surface area (Å²) < 4.78 is 5.98. The Kier molecular flexibility index (Phi) is 3.19. The Balaban J connectivity index is 1.44. The maximum Gasteiger partial charge on any atom is 0.249 e. The maximum absolute atomic E-state index is 11.9. The minimum Gasteiger partial charge on any atom is -0.493 e. The van der Waals surface area contributed by atoms with Crippen LogP contribution < -0.4 is 15.4 Å². The van der Waals surface area contributed by atoms with Gasteiger partial charge in [-0.1, -0.05) is 36.4 Å². The minimum absolute atomic E-state index is 0.120. The van der Waals surface area contributed by atoms with Gasteiger partial charge in [0.1, 0.15) is 11.6 Å². The van der Waals surface area contributed by atoms with Gasteiger partial charge in [0.05, 0.1) is 17.7 Å². The van der Waals surface area contributed by atoms with E-state index in [1.165, 1.54) is 5.56 Å². The quantitative estimate of drug-likeness (QED) is 0.775. The van der Waals surface area contributed by atoms with Crippen LogP contribution in [0.2, 0.25) is 0 Å². The summed E-state index contributed by atoms with van der Waals surface area (Å²) >= 11 is 0. The van der Waals surface area contributed by atoms with E-state index in [0.29, 0.717) is 5.56 Å². The van der Waals surface area contributed by atoms with Crippen LogP contribution in [0.1, 0.15) is 15.9 Å². The molecule has 0 aliphatic carbocycles. The number of amides is 1. The third-order valence-corrected chi connectivity index (χ3v) is 5.42. The molecule has 0 atom stereocenters. The molecule has 0 bridgehead atoms. The molecule has 26 heavy (non-hydrogen) atoms. The van der Waals surface area contributed by atoms with Crippen LogP contribution in [0.15, 0.2) is 54.6 Å². The lowest BCUT2D eigenvalue weighted by Crippen LogP contribution is -2.61. The number of pyridine rings is 1. The number of aromatic nitrogens is 1. The van der Waals surface area contributed by atoms with Gasteiger partial charge in [0, 0.05) is 23.9 Å². The molecule has 3 heterocycles. The summed E-state index contributed by atoms with van der Waals surface area (Å²) in [7, 11) is 0. The second kappa shape index (κ2) is 5.46. The van der Waals surface area contributed by atoms with Gasteiger partial charge in [-0.15, -0.1) is 0 Å². The van der Waals surface area contributed by atoms with Crippen molar-refractivity contribution >= 4 is 22.6 Å². The lowest BCUT2D eigenvalue weighted by Gasteiger charge is -2.52. The first kappa shape index (κ1) is 15.2. The van der Waals surface area contributed by atoms with E-state index in [9.17, 15) is 4.79 Å². The molecule has 2 aromatic carbocycles. The predicted octanol–water partition coefficient (Wildman–Crippen LogP) is 2.78. The first-order valence-electron chi connectivity index (χ1n) is 8.79. The second-order valence-electron chi connectivity index (χ2n) is 7.34. The Morgan fingerprint density at radius 3 is 2.73 bits per heavy atom. The standard InChI is InChI=1S/C21H19N3O2/c22-20(25)16-9-19(23-17-7-3-2-6-15(16)17)24-11-21(12-24)10-14-5-1-4-8-18(14)26-13-21/h1-9H,10-13H2,(H2,22,25). The van der Waals surface area contributed by atoms with Crippen molar-refractivity contribution in [2.75, 3.05) is 24.6 Å². The molecule has 0 saturated carbocycles. The van der Waals surface area contributed by atoms with E-state index < -0.39 is 5.91 Å². The van der Waals surface area contributed by atoms with Gasteiger partial charge in [0.15, 0.2) is 0 Å². The Morgan fingerprint density at radius 2 is 1.88 bits per heavy atom. The van der Waals surface area contributed by atoms with E-state index in [4.69, 9.17) is 15.5 Å². The van der Waals surface area contributed by atoms with Crippen molar-refractivity contribution in [2.24, 2.45) is 11.1 Å². The fourth-order valence-corrected chi connectivity index (χ4v) is 4.13. The molecule has 5 rings (SSSR count). The van der Waals surface area contributed by atoms with Gasteiger partial charge in [-0.2, -0.15) is 0 Å². The normalized spacial score (nSPS) is 17.5. The number of nitrogens with two attached hydrogens (primary N) is 1. The number of fused-ring (bicyclic) bond motifs is 2. The van der Waals surface area contributed by atoms with Crippen molar-refractivity contribution in [3.8, 4) is 5.75 Å². The van der Waals surface area contributed by atoms with Gasteiger partial charge >= 0.3 is 0 Å². The summed E-state index contributed by atoms with van der Waals surface area (Å²) in [6.07, 6.45) is 1.01. The average molecular weight is 345 g/mol. The number of benzene rings is 2. The van der Waals surface area contributed by atoms with Crippen molar-refractivity contribution in [2.45, 2.75) is 6.42 Å². The second-order valence-corrected chi connectivity index (χ2v) is 7.34. The number of hydrogen-bond donors (Lipinski definition) is 1. The third kappa shape index (κ3) is 2.31. The van der Waals surface area contributed by atoms with Crippen LogP contribution in [-0.4, -0.2) is 30.6 Å². The molecule has 2 N–H and O–H groups in total. The highest BCUT2D eigenvalue weighted by Gasteiger charge is 2.46. The fourth-order valence-electron chi connectivity index (χ4n) is 4.13. The average Bonchev–Trinajstić information content (AvgIpc) is 2.64. The number of hydrogen-bond acceptors (Lipinski definition) is 4. The van der Waals surface area contributed by atoms with Gasteiger partial charge in [-0.05, 0) is 30.2 Å². The minimum atomic E-state index is -0.421. The number of ether oxygens (including phenoxy) is 1. The number of primary amides is 1. The van der Waals surface area contributed by atoms with E-state index in [1.807, 2.05) is 42.5 Å². The number of rotatable bonds is 2. The molecule has 2 aliphatic heterocycles. The van der Waals surface area contributed by atoms with Crippen LogP contribution >= 0.6 is 0 Å². The highest BCUT2D eigenvalue weighted by Crippen LogP contribution is 2.42. The third-order valence-electron chi connectivity index (χ3n) is 5.42. The van der Waals surface area contributed by atoms with Gasteiger partial charge in [0.25, 0.3) is 0 Å². The largest absolute Gasteiger partial charge is 0.493 e. The molecule has 0 unspecified atom stereocenters. The van der Waals surface area contributed by atoms with Crippen molar-refractivity contribution in [3.05, 3.63) is 65.7 Å². The Labute approximate surface area is 151 Å². The summed E-state index contributed by atoms with van der Waals surface area (Å²) in [4.78, 5) is 18.8. The van der Waals surface area contributed by atoms with Crippen LogP contribution in [0.5, 0.6) is 5.75 Å². The zero-order chi connectivity index (χ0) is 17.7. The zero-order valence-corrected chi connectivity index (χ0v) is 14.3. The van der Waals surface area contributed by atoms with Crippen LogP contribution in [0.4, 0.5) is 5.82 Å². The van der Waals surface area contributed by atoms with E-state index in [-0.39, 0.29) is 5.41 Å². The Hall–Kier alpha value is -3.08. The van der Waals surface area contributed by atoms with Crippen molar-refractivity contribution < 1.29 is 9.53 Å². The summed E-state index contributed by atoms with van der Waals surface area (Å²) in [5.74, 6) is 1.38. The van der Waals surface area contributed by atoms with Crippen LogP contribution in [-0.2, 0) is 6.42 Å². The van der Waals surface area contributed by atoms with Gasteiger partial charge < -0.3 is 15.4 Å². The molecule has 3 aromatic rings. The lowest BCUT2D eigenvalue weighted by atomic mass is 9.74. The number of carbonyl (C=O) groups is 1. The molecule has 5 heteroatoms. The summed E-state index contributed by atoms with van der Waals surface area (Å²) in [6.45, 7) is 2.45. The number of carbonyl (C=O) groups excluding carboxylic acids is 1. The first-order chi connectivity index (χ1) is 12.6. The zero-order valence-electron chi connectivity index (χ0n) is 14.3. The number of para-hydroxylation sites is 2. The summed E-state index contributed by atoms with van der Waals surface area (Å²) in [5.41, 5.74) is 8.30. The highest BCUT2D eigenvalue weighted by atomic mass is 16.5. The predicted molar refractivity (Wildman–Crippen MR) is 101 cm³/mol. The molecule has 1 amide bonds. The van der Waals surface area contributed by atoms with Crippen molar-refractivity contribution in [3.63, 3.8) is 0 Å². The van der Waals surface area contributed by atoms with E-state index in [1.54, 1.807) is 0 Å². The highest BCUT2D eigenvalue weighted by molar-refractivity contribution is 6.06. The molecule has 5 nitrogen and oxygen atoms in total. The van der Waals surface area contributed by atoms with Gasteiger partial charge in [-0.3, -0.25) is 4.79 Å². The van der Waals surface area contributed by atoms with Crippen LogP contribution in [0.3, 0.4) is 0 Å². The Morgan fingerprint density at radius 1 is 1.12 bits per heavy atom. The van der Waals surface area contributed by atoms with Crippen LogP contribution in [0, 0.1) is 5.41 Å². The van der Waals surface area contributed by atoms with Gasteiger partial charge in [-0.25, -0.2) is 4.98 Å². The van der Waals surface area contributed by atoms with Crippen molar-refractivity contribution in [1.82, 2.24) is 4.98 Å². The molecule has 1 aromatic heterocycles. The molecule has 130 valence electrons. The van der Waals surface area contributed by atoms with E-state index in [0.717, 1.165) is 48.6 Å². The fraction of sp³-hybridized carbons (Fsp3) is 0.238. The topological polar surface area (TPSA) is 68.5 Å². The first-order valence-corrected chi connectivity index (χ1v) is 8.79. The van der Waals surface area contributed by atoms with Crippen molar-refractivity contribution in [1.29, 1.82) is 0 Å². The van der Waals surface area contributed by atoms with Gasteiger partial charge in [0.2, 0.25) is 5.91 Å². The molecule has 1 saturated heterocycles. The monoisotopic (exact) mass is 345 g/mol. The number of anilines is 1. The number of nitrogens with zero attached hydrogens (tertiary/aromatic N) is 2. The lowest BCUT2D eigenvalue weighted by molar-refractivity contribution is 0.0874. The summed E-state index contributed by atoms with van der Waals surface area (Å²) in [5, 5.41) is 0.800. The molecular weight excluding hydrogens is 326 g/mol. The molecular formula is C21H19N3O2.